The molecule has 0 aromatic carbocycles. The monoisotopic (exact) mass is 290 g/mol. The molecule has 1 amide bonds. The molecule has 5 nitrogen and oxygen atoms in total. The van der Waals surface area contributed by atoms with E-state index in [4.69, 9.17) is 4.74 Å². The van der Waals surface area contributed by atoms with Crippen LogP contribution in [-0.4, -0.2) is 45.5 Å². The van der Waals surface area contributed by atoms with Gasteiger partial charge in [0.2, 0.25) is 0 Å². The third-order valence-electron chi connectivity index (χ3n) is 2.67. The van der Waals surface area contributed by atoms with E-state index < -0.39 is 17.0 Å². The van der Waals surface area contributed by atoms with Crippen LogP contribution in [0.4, 0.5) is 4.79 Å². The summed E-state index contributed by atoms with van der Waals surface area (Å²) in [6.07, 6.45) is -0.263. The number of nitrogens with zero attached hydrogens (tertiary/aromatic N) is 1. The first kappa shape index (κ1) is 16.6. The highest BCUT2D eigenvalue weighted by atomic mass is 32.2. The SMILES string of the molecule is CC(C)(C)OC(=O)N1CC(CN[S@+]([O-])C(C)(C)C)C1. The molecule has 6 heteroatoms. The molecular formula is C13H26N2O3S. The third-order valence-corrected chi connectivity index (χ3v) is 4.21. The first-order valence-electron chi connectivity index (χ1n) is 6.62. The summed E-state index contributed by atoms with van der Waals surface area (Å²) in [7, 11) is 0. The van der Waals surface area contributed by atoms with Crippen molar-refractivity contribution in [2.45, 2.75) is 51.9 Å². The smallest absolute Gasteiger partial charge is 0.410 e. The minimum Gasteiger partial charge on any atom is -0.598 e. The molecule has 0 saturated carbocycles. The van der Waals surface area contributed by atoms with Gasteiger partial charge in [0.25, 0.3) is 0 Å². The van der Waals surface area contributed by atoms with Crippen molar-refractivity contribution in [3.63, 3.8) is 0 Å². The summed E-state index contributed by atoms with van der Waals surface area (Å²) >= 11 is -1.05. The lowest BCUT2D eigenvalue weighted by Crippen LogP contribution is -2.55. The van der Waals surface area contributed by atoms with Crippen molar-refractivity contribution >= 4 is 17.5 Å². The molecule has 0 aliphatic carbocycles. The highest BCUT2D eigenvalue weighted by Gasteiger charge is 2.35. The number of hydrogen-bond acceptors (Lipinski definition) is 4. The molecule has 0 bridgehead atoms. The van der Waals surface area contributed by atoms with Crippen molar-refractivity contribution in [3.8, 4) is 0 Å². The number of amides is 1. The van der Waals surface area contributed by atoms with Crippen molar-refractivity contribution in [1.82, 2.24) is 9.62 Å². The van der Waals surface area contributed by atoms with E-state index in [0.717, 1.165) is 0 Å². The molecule has 0 aromatic rings. The number of rotatable bonds is 3. The van der Waals surface area contributed by atoms with Gasteiger partial charge in [-0.2, -0.15) is 0 Å². The van der Waals surface area contributed by atoms with Crippen LogP contribution in [0.3, 0.4) is 0 Å². The van der Waals surface area contributed by atoms with E-state index in [1.165, 1.54) is 0 Å². The Hall–Kier alpha value is -0.460. The molecule has 1 saturated heterocycles. The molecule has 1 atom stereocenters. The lowest BCUT2D eigenvalue weighted by Gasteiger charge is -2.40. The number of carbonyl (C=O) groups excluding carboxylic acids is 1. The fraction of sp³-hybridized carbons (Fsp3) is 0.923. The van der Waals surface area contributed by atoms with E-state index in [0.29, 0.717) is 25.6 Å². The molecule has 1 fully saturated rings. The average Bonchev–Trinajstić information content (AvgIpc) is 2.09. The fourth-order valence-corrected chi connectivity index (χ4v) is 2.40. The van der Waals surface area contributed by atoms with Gasteiger partial charge in [-0.25, -0.2) is 4.79 Å². The van der Waals surface area contributed by atoms with E-state index in [2.05, 4.69) is 4.72 Å². The molecule has 1 aliphatic heterocycles. The van der Waals surface area contributed by atoms with Crippen LogP contribution in [0.15, 0.2) is 0 Å². The lowest BCUT2D eigenvalue weighted by molar-refractivity contribution is -0.000101. The number of likely N-dealkylation sites (tertiary alicyclic amines) is 1. The van der Waals surface area contributed by atoms with Gasteiger partial charge in [0.1, 0.15) is 10.3 Å². The quantitative estimate of drug-likeness (QED) is 0.806. The average molecular weight is 290 g/mol. The van der Waals surface area contributed by atoms with Gasteiger partial charge in [-0.15, -0.1) is 4.72 Å². The second kappa shape index (κ2) is 5.89. The van der Waals surface area contributed by atoms with E-state index >= 15 is 0 Å². The standard InChI is InChI=1S/C13H26N2O3S/c1-12(2,3)18-11(16)15-8-10(9-15)7-14-19(17)13(4,5)6/h10,14H,7-9H2,1-6H3/t19-/m1/s1. The number of carbonyl (C=O) groups is 1. The highest BCUT2D eigenvalue weighted by molar-refractivity contribution is 7.90. The Morgan fingerprint density at radius 1 is 1.32 bits per heavy atom. The van der Waals surface area contributed by atoms with Crippen molar-refractivity contribution in [3.05, 3.63) is 0 Å². The van der Waals surface area contributed by atoms with Gasteiger partial charge < -0.3 is 14.2 Å². The second-order valence-electron chi connectivity index (χ2n) is 6.98. The van der Waals surface area contributed by atoms with Crippen molar-refractivity contribution in [2.24, 2.45) is 5.92 Å². The Morgan fingerprint density at radius 3 is 2.26 bits per heavy atom. The Kier molecular flexibility index (Phi) is 5.15. The van der Waals surface area contributed by atoms with Crippen molar-refractivity contribution in [1.29, 1.82) is 0 Å². The zero-order chi connectivity index (χ0) is 14.8. The van der Waals surface area contributed by atoms with E-state index in [1.807, 2.05) is 41.5 Å². The number of hydrogen-bond donors (Lipinski definition) is 1. The molecule has 0 radical (unpaired) electrons. The van der Waals surface area contributed by atoms with Gasteiger partial charge in [-0.05, 0) is 41.5 Å². The largest absolute Gasteiger partial charge is 0.598 e. The third kappa shape index (κ3) is 5.58. The van der Waals surface area contributed by atoms with Crippen LogP contribution in [0.2, 0.25) is 0 Å². The van der Waals surface area contributed by atoms with Gasteiger partial charge in [0.05, 0.1) is 0 Å². The van der Waals surface area contributed by atoms with Crippen molar-refractivity contribution in [2.75, 3.05) is 19.6 Å². The summed E-state index contributed by atoms with van der Waals surface area (Å²) in [4.78, 5) is 13.4. The number of ether oxygens (including phenoxy) is 1. The van der Waals surface area contributed by atoms with Gasteiger partial charge >= 0.3 is 6.09 Å². The van der Waals surface area contributed by atoms with E-state index in [-0.39, 0.29) is 10.8 Å². The molecule has 0 aromatic heterocycles. The predicted octanol–water partition coefficient (Wildman–Crippen LogP) is 1.91. The van der Waals surface area contributed by atoms with Crippen LogP contribution >= 0.6 is 0 Å². The molecule has 112 valence electrons. The minimum atomic E-state index is -1.05. The molecule has 1 N–H and O–H groups in total. The van der Waals surface area contributed by atoms with E-state index in [9.17, 15) is 9.35 Å². The summed E-state index contributed by atoms with van der Waals surface area (Å²) < 4.78 is 19.9. The predicted molar refractivity (Wildman–Crippen MR) is 77.2 cm³/mol. The van der Waals surface area contributed by atoms with Gasteiger partial charge in [0, 0.05) is 36.9 Å². The molecular weight excluding hydrogens is 264 g/mol. The maximum atomic E-state index is 11.8. The normalized spacial score (nSPS) is 19.0. The number of nitrogens with one attached hydrogen (secondary N) is 1. The van der Waals surface area contributed by atoms with Crippen LogP contribution in [-0.2, 0) is 16.1 Å². The summed E-state index contributed by atoms with van der Waals surface area (Å²) in [6, 6.07) is 0. The topological polar surface area (TPSA) is 64.6 Å². The first-order chi connectivity index (χ1) is 8.49. The maximum Gasteiger partial charge on any atom is 0.410 e. The zero-order valence-corrected chi connectivity index (χ0v) is 13.6. The molecule has 1 rings (SSSR count). The lowest BCUT2D eigenvalue weighted by atomic mass is 10.0. The van der Waals surface area contributed by atoms with Crippen LogP contribution < -0.4 is 4.72 Å². The second-order valence-corrected chi connectivity index (χ2v) is 9.03. The molecule has 0 spiro atoms. The minimum absolute atomic E-state index is 0.255. The van der Waals surface area contributed by atoms with Crippen molar-refractivity contribution < 1.29 is 14.1 Å². The fourth-order valence-electron chi connectivity index (χ4n) is 1.58. The van der Waals surface area contributed by atoms with Gasteiger partial charge in [0.15, 0.2) is 0 Å². The molecule has 1 aliphatic rings. The highest BCUT2D eigenvalue weighted by Crippen LogP contribution is 2.20. The summed E-state index contributed by atoms with van der Waals surface area (Å²) in [5.74, 6) is 0.360. The Labute approximate surface area is 119 Å². The summed E-state index contributed by atoms with van der Waals surface area (Å²) in [5, 5.41) is 0. The molecule has 19 heavy (non-hydrogen) atoms. The Morgan fingerprint density at radius 2 is 1.84 bits per heavy atom. The molecule has 0 unspecified atom stereocenters. The van der Waals surface area contributed by atoms with E-state index in [1.54, 1.807) is 4.90 Å². The summed E-state index contributed by atoms with van der Waals surface area (Å²) in [5.41, 5.74) is -0.450. The van der Waals surface area contributed by atoms with Crippen LogP contribution in [0, 0.1) is 5.92 Å². The van der Waals surface area contributed by atoms with Gasteiger partial charge in [-0.1, -0.05) is 0 Å². The van der Waals surface area contributed by atoms with Crippen LogP contribution in [0.1, 0.15) is 41.5 Å². The zero-order valence-electron chi connectivity index (χ0n) is 12.8. The maximum absolute atomic E-state index is 11.8. The van der Waals surface area contributed by atoms with Crippen LogP contribution in [0.5, 0.6) is 0 Å². The molecule has 1 heterocycles. The van der Waals surface area contributed by atoms with Crippen LogP contribution in [0.25, 0.3) is 0 Å². The van der Waals surface area contributed by atoms with Gasteiger partial charge in [-0.3, -0.25) is 0 Å². The summed E-state index contributed by atoms with van der Waals surface area (Å²) in [6.45, 7) is 13.4. The first-order valence-corrected chi connectivity index (χ1v) is 7.77. The Bertz CT molecular complexity index is 317. The Balaban J connectivity index is 2.22.